The van der Waals surface area contributed by atoms with Gasteiger partial charge in [-0.25, -0.2) is 0 Å². The summed E-state index contributed by atoms with van der Waals surface area (Å²) in [5.41, 5.74) is 2.03. The van der Waals surface area contributed by atoms with Gasteiger partial charge in [-0.15, -0.1) is 10.2 Å². The molecule has 1 aromatic heterocycles. The molecule has 1 N–H and O–H groups in total. The highest BCUT2D eigenvalue weighted by Crippen LogP contribution is 2.33. The molecule has 2 heterocycles. The Balaban J connectivity index is 1.39. The van der Waals surface area contributed by atoms with Crippen molar-refractivity contribution in [1.29, 1.82) is 0 Å². The van der Waals surface area contributed by atoms with Crippen LogP contribution in [0.5, 0.6) is 0 Å². The first kappa shape index (κ1) is 19.3. The average Bonchev–Trinajstić information content (AvgIpc) is 3.37. The number of para-hydroxylation sites is 2. The molecular weight excluding hydrogens is 370 g/mol. The standard InChI is InChI=1S/C21H29N5OS/c1-16-23-24-21(26(16)17-9-3-2-4-10-17)28-15-20(27)22-18-11-5-6-12-19(18)25-13-7-8-14-25/h5-6,11-12,17H,2-4,7-10,13-15H2,1H3,(H,22,27). The van der Waals surface area contributed by atoms with Crippen molar-refractivity contribution in [2.24, 2.45) is 0 Å². The number of aromatic nitrogens is 3. The van der Waals surface area contributed by atoms with Gasteiger partial charge in [-0.05, 0) is 44.7 Å². The third kappa shape index (κ3) is 4.35. The van der Waals surface area contributed by atoms with E-state index in [1.54, 1.807) is 0 Å². The highest BCUT2D eigenvalue weighted by Gasteiger charge is 2.22. The first-order chi connectivity index (χ1) is 13.7. The molecule has 1 aromatic carbocycles. The zero-order valence-corrected chi connectivity index (χ0v) is 17.4. The minimum atomic E-state index is 0.00694. The third-order valence-corrected chi connectivity index (χ3v) is 6.68. The molecule has 2 aliphatic rings. The van der Waals surface area contributed by atoms with Gasteiger partial charge in [0.1, 0.15) is 5.82 Å². The van der Waals surface area contributed by atoms with Crippen LogP contribution in [-0.4, -0.2) is 39.5 Å². The van der Waals surface area contributed by atoms with Crippen molar-refractivity contribution >= 4 is 29.0 Å². The number of anilines is 2. The Hall–Kier alpha value is -2.02. The Kier molecular flexibility index (Phi) is 6.20. The molecule has 1 saturated heterocycles. The van der Waals surface area contributed by atoms with E-state index in [1.165, 1.54) is 56.7 Å². The van der Waals surface area contributed by atoms with Gasteiger partial charge in [0.25, 0.3) is 0 Å². The van der Waals surface area contributed by atoms with Gasteiger partial charge in [0.05, 0.1) is 17.1 Å². The number of amides is 1. The lowest BCUT2D eigenvalue weighted by Crippen LogP contribution is -2.22. The molecule has 0 spiro atoms. The molecule has 1 aliphatic heterocycles. The number of rotatable bonds is 6. The van der Waals surface area contributed by atoms with Crippen LogP contribution < -0.4 is 10.2 Å². The van der Waals surface area contributed by atoms with Crippen LogP contribution in [0.1, 0.15) is 56.8 Å². The fourth-order valence-corrected chi connectivity index (χ4v) is 5.19. The van der Waals surface area contributed by atoms with Crippen LogP contribution in [0.15, 0.2) is 29.4 Å². The molecule has 150 valence electrons. The van der Waals surface area contributed by atoms with Crippen molar-refractivity contribution in [3.05, 3.63) is 30.1 Å². The van der Waals surface area contributed by atoms with E-state index in [0.717, 1.165) is 35.4 Å². The monoisotopic (exact) mass is 399 g/mol. The van der Waals surface area contributed by atoms with Gasteiger partial charge in [-0.3, -0.25) is 4.79 Å². The van der Waals surface area contributed by atoms with Crippen LogP contribution in [0, 0.1) is 6.92 Å². The fraction of sp³-hybridized carbons (Fsp3) is 0.571. The van der Waals surface area contributed by atoms with Gasteiger partial charge in [0, 0.05) is 19.1 Å². The number of hydrogen-bond acceptors (Lipinski definition) is 5. The molecule has 0 atom stereocenters. The summed E-state index contributed by atoms with van der Waals surface area (Å²) in [5.74, 6) is 1.31. The quantitative estimate of drug-likeness (QED) is 0.729. The van der Waals surface area contributed by atoms with Gasteiger partial charge in [0.15, 0.2) is 5.16 Å². The van der Waals surface area contributed by atoms with Crippen LogP contribution in [0.25, 0.3) is 0 Å². The maximum atomic E-state index is 12.6. The van der Waals surface area contributed by atoms with Crippen molar-refractivity contribution in [3.8, 4) is 0 Å². The van der Waals surface area contributed by atoms with Crippen molar-refractivity contribution < 1.29 is 4.79 Å². The maximum Gasteiger partial charge on any atom is 0.234 e. The predicted molar refractivity (Wildman–Crippen MR) is 114 cm³/mol. The number of nitrogens with one attached hydrogen (secondary N) is 1. The summed E-state index contributed by atoms with van der Waals surface area (Å²) in [6, 6.07) is 8.58. The minimum absolute atomic E-state index is 0.00694. The molecule has 0 unspecified atom stereocenters. The van der Waals surface area contributed by atoms with E-state index in [0.29, 0.717) is 11.8 Å². The third-order valence-electron chi connectivity index (χ3n) is 5.73. The molecule has 28 heavy (non-hydrogen) atoms. The Bertz CT molecular complexity index is 809. The Morgan fingerprint density at radius 2 is 1.86 bits per heavy atom. The van der Waals surface area contributed by atoms with E-state index < -0.39 is 0 Å². The summed E-state index contributed by atoms with van der Waals surface area (Å²) in [5, 5.41) is 12.6. The molecule has 4 rings (SSSR count). The van der Waals surface area contributed by atoms with Gasteiger partial charge < -0.3 is 14.8 Å². The van der Waals surface area contributed by atoms with Gasteiger partial charge in [-0.2, -0.15) is 0 Å². The van der Waals surface area contributed by atoms with E-state index in [-0.39, 0.29) is 5.91 Å². The highest BCUT2D eigenvalue weighted by molar-refractivity contribution is 7.99. The number of carbonyl (C=O) groups is 1. The Morgan fingerprint density at radius 1 is 1.11 bits per heavy atom. The van der Waals surface area contributed by atoms with Crippen molar-refractivity contribution in [3.63, 3.8) is 0 Å². The Morgan fingerprint density at radius 3 is 2.64 bits per heavy atom. The van der Waals surface area contributed by atoms with Crippen LogP contribution in [0.3, 0.4) is 0 Å². The van der Waals surface area contributed by atoms with Crippen LogP contribution in [-0.2, 0) is 4.79 Å². The van der Waals surface area contributed by atoms with Crippen LogP contribution >= 0.6 is 11.8 Å². The smallest absolute Gasteiger partial charge is 0.234 e. The largest absolute Gasteiger partial charge is 0.370 e. The van der Waals surface area contributed by atoms with Gasteiger partial charge in [0.2, 0.25) is 5.91 Å². The maximum absolute atomic E-state index is 12.6. The SMILES string of the molecule is Cc1nnc(SCC(=O)Nc2ccccc2N2CCCC2)n1C1CCCCC1. The molecule has 6 nitrogen and oxygen atoms in total. The van der Waals surface area contributed by atoms with E-state index in [1.807, 2.05) is 25.1 Å². The lowest BCUT2D eigenvalue weighted by molar-refractivity contribution is -0.113. The topological polar surface area (TPSA) is 63.1 Å². The molecule has 1 aliphatic carbocycles. The zero-order valence-electron chi connectivity index (χ0n) is 16.6. The van der Waals surface area contributed by atoms with E-state index >= 15 is 0 Å². The van der Waals surface area contributed by atoms with Crippen LogP contribution in [0.2, 0.25) is 0 Å². The minimum Gasteiger partial charge on any atom is -0.370 e. The molecule has 7 heteroatoms. The number of thioether (sulfide) groups is 1. The second kappa shape index (κ2) is 8.99. The van der Waals surface area contributed by atoms with E-state index in [2.05, 4.69) is 31.0 Å². The summed E-state index contributed by atoms with van der Waals surface area (Å²) < 4.78 is 2.25. The van der Waals surface area contributed by atoms with E-state index in [9.17, 15) is 4.79 Å². The summed E-state index contributed by atoms with van der Waals surface area (Å²) >= 11 is 1.49. The predicted octanol–water partition coefficient (Wildman–Crippen LogP) is 4.42. The molecule has 2 fully saturated rings. The molecule has 1 saturated carbocycles. The number of benzene rings is 1. The fourth-order valence-electron chi connectivity index (χ4n) is 4.34. The van der Waals surface area contributed by atoms with Gasteiger partial charge in [-0.1, -0.05) is 43.2 Å². The number of carbonyl (C=O) groups excluding carboxylic acids is 1. The molecule has 1 amide bonds. The lowest BCUT2D eigenvalue weighted by Gasteiger charge is -2.25. The van der Waals surface area contributed by atoms with Crippen molar-refractivity contribution in [2.45, 2.75) is 63.1 Å². The summed E-state index contributed by atoms with van der Waals surface area (Å²) in [6.45, 7) is 4.13. The van der Waals surface area contributed by atoms with Crippen molar-refractivity contribution in [2.75, 3.05) is 29.1 Å². The molecule has 0 bridgehead atoms. The van der Waals surface area contributed by atoms with E-state index in [4.69, 9.17) is 0 Å². The molecular formula is C21H29N5OS. The second-order valence-electron chi connectivity index (χ2n) is 7.74. The average molecular weight is 400 g/mol. The first-order valence-corrected chi connectivity index (χ1v) is 11.4. The zero-order chi connectivity index (χ0) is 19.3. The summed E-state index contributed by atoms with van der Waals surface area (Å²) in [7, 11) is 0. The highest BCUT2D eigenvalue weighted by atomic mass is 32.2. The second-order valence-corrected chi connectivity index (χ2v) is 8.68. The summed E-state index contributed by atoms with van der Waals surface area (Å²) in [6.07, 6.45) is 8.64. The van der Waals surface area contributed by atoms with Crippen molar-refractivity contribution in [1.82, 2.24) is 14.8 Å². The number of aryl methyl sites for hydroxylation is 1. The molecule has 2 aromatic rings. The summed E-state index contributed by atoms with van der Waals surface area (Å²) in [4.78, 5) is 15.0. The lowest BCUT2D eigenvalue weighted by atomic mass is 9.95. The number of hydrogen-bond donors (Lipinski definition) is 1. The number of nitrogens with zero attached hydrogens (tertiary/aromatic N) is 4. The first-order valence-electron chi connectivity index (χ1n) is 10.4. The van der Waals surface area contributed by atoms with Crippen LogP contribution in [0.4, 0.5) is 11.4 Å². The Labute approximate surface area is 171 Å². The normalized spacial score (nSPS) is 17.8. The molecule has 0 radical (unpaired) electrons. The van der Waals surface area contributed by atoms with Gasteiger partial charge >= 0.3 is 0 Å².